The highest BCUT2D eigenvalue weighted by Gasteiger charge is 2.42. The summed E-state index contributed by atoms with van der Waals surface area (Å²) in [5.74, 6) is -5.06. The van der Waals surface area contributed by atoms with E-state index in [1.807, 2.05) is 0 Å². The first-order chi connectivity index (χ1) is 17.5. The maximum atomic E-state index is 14.8. The third kappa shape index (κ3) is 5.26. The molecule has 0 fully saturated rings. The molecule has 1 N–H and O–H groups in total. The minimum absolute atomic E-state index is 0.0419. The van der Waals surface area contributed by atoms with Crippen LogP contribution in [0.2, 0.25) is 0 Å². The summed E-state index contributed by atoms with van der Waals surface area (Å²) in [6, 6.07) is 9.94. The predicted molar refractivity (Wildman–Crippen MR) is 122 cm³/mol. The fourth-order valence-corrected chi connectivity index (χ4v) is 3.87. The van der Waals surface area contributed by atoms with Crippen molar-refractivity contribution < 1.29 is 31.8 Å². The van der Waals surface area contributed by atoms with Crippen molar-refractivity contribution in [2.45, 2.75) is 37.5 Å². The summed E-state index contributed by atoms with van der Waals surface area (Å²) in [6.45, 7) is -0.157. The van der Waals surface area contributed by atoms with Crippen LogP contribution >= 0.6 is 0 Å². The van der Waals surface area contributed by atoms with Gasteiger partial charge in [-0.3, -0.25) is 9.13 Å². The first kappa shape index (κ1) is 26.1. The molecule has 13 heteroatoms. The smallest absolute Gasteiger partial charge is 0.340 e. The lowest BCUT2D eigenvalue weighted by molar-refractivity contribution is -0.148. The normalized spacial score (nSPS) is 14.5. The molecule has 0 bridgehead atoms. The zero-order valence-corrected chi connectivity index (χ0v) is 19.4. The van der Waals surface area contributed by atoms with E-state index < -0.39 is 42.1 Å². The van der Waals surface area contributed by atoms with Crippen LogP contribution < -0.4 is 10.4 Å². The van der Waals surface area contributed by atoms with Gasteiger partial charge in [-0.15, -0.1) is 0 Å². The summed E-state index contributed by atoms with van der Waals surface area (Å²) in [6.07, 6.45) is 1.58. The molecule has 8 nitrogen and oxygen atoms in total. The number of ether oxygens (including phenoxy) is 1. The van der Waals surface area contributed by atoms with Crippen LogP contribution in [0.4, 0.5) is 22.0 Å². The molecule has 4 aromatic rings. The monoisotopic (exact) mass is 523 g/mol. The topological polar surface area (TPSA) is 87.1 Å². The van der Waals surface area contributed by atoms with Gasteiger partial charge in [0.2, 0.25) is 0 Å². The Morgan fingerprint density at radius 2 is 1.78 bits per heavy atom. The molecule has 2 atom stereocenters. The molecule has 0 radical (unpaired) electrons. The molecule has 0 spiro atoms. The average molecular weight is 523 g/mol. The number of rotatable bonds is 10. The molecule has 4 rings (SSSR count). The fourth-order valence-electron chi connectivity index (χ4n) is 3.87. The number of halogens is 5. The first-order valence-electron chi connectivity index (χ1n) is 11.0. The maximum absolute atomic E-state index is 14.8. The van der Waals surface area contributed by atoms with Gasteiger partial charge in [0, 0.05) is 18.0 Å². The number of aromatic nitrogens is 5. The van der Waals surface area contributed by atoms with E-state index in [4.69, 9.17) is 4.74 Å². The molecule has 196 valence electrons. The number of hydrogen-bond donors (Lipinski definition) is 1. The Morgan fingerprint density at radius 3 is 2.41 bits per heavy atom. The maximum Gasteiger partial charge on any atom is 0.340 e. The molecular formula is C24H22F5N5O3. The summed E-state index contributed by atoms with van der Waals surface area (Å²) >= 11 is 0. The highest BCUT2D eigenvalue weighted by molar-refractivity contribution is 5.37. The van der Waals surface area contributed by atoms with Gasteiger partial charge >= 0.3 is 18.0 Å². The van der Waals surface area contributed by atoms with Gasteiger partial charge in [-0.05, 0) is 37.3 Å². The Hall–Kier alpha value is -4.00. The first-order valence-corrected chi connectivity index (χ1v) is 11.0. The van der Waals surface area contributed by atoms with Crippen LogP contribution in [0.3, 0.4) is 0 Å². The molecule has 2 aromatic carbocycles. The van der Waals surface area contributed by atoms with Crippen molar-refractivity contribution >= 4 is 0 Å². The van der Waals surface area contributed by atoms with Crippen molar-refractivity contribution in [3.05, 3.63) is 95.4 Å². The van der Waals surface area contributed by atoms with Crippen LogP contribution in [0.5, 0.6) is 5.75 Å². The van der Waals surface area contributed by atoms with Crippen molar-refractivity contribution in [3.63, 3.8) is 0 Å². The number of nitrogens with zero attached hydrogens (tertiary/aromatic N) is 5. The standard InChI is InChI=1S/C24H22F5N5O3/c1-16(23(36,12-32-15-30-14-31-32)19-4-2-3-5-20(19)25)33-10-11-34(22(33)35)17-6-8-18(9-7-17)37-13-24(28,29)21(26)27/h2-11,14-16,21,36H,12-13H2,1H3/t16-,23-/m1/s1. The Kier molecular flexibility index (Phi) is 7.16. The summed E-state index contributed by atoms with van der Waals surface area (Å²) in [5, 5.41) is 15.7. The van der Waals surface area contributed by atoms with E-state index in [9.17, 15) is 31.9 Å². The summed E-state index contributed by atoms with van der Waals surface area (Å²) in [5.41, 5.74) is -2.23. The van der Waals surface area contributed by atoms with Crippen LogP contribution in [0.15, 0.2) is 78.4 Å². The van der Waals surface area contributed by atoms with Gasteiger partial charge in [-0.2, -0.15) is 13.9 Å². The van der Waals surface area contributed by atoms with Gasteiger partial charge in [0.25, 0.3) is 0 Å². The lowest BCUT2D eigenvalue weighted by Gasteiger charge is -2.35. The van der Waals surface area contributed by atoms with Gasteiger partial charge in [-0.25, -0.2) is 27.6 Å². The van der Waals surface area contributed by atoms with E-state index in [1.54, 1.807) is 13.0 Å². The van der Waals surface area contributed by atoms with Crippen molar-refractivity contribution in [2.75, 3.05) is 6.61 Å². The molecular weight excluding hydrogens is 501 g/mol. The Labute approximate surface area is 207 Å². The minimum Gasteiger partial charge on any atom is -0.487 e. The molecule has 0 aliphatic heterocycles. The molecule has 0 unspecified atom stereocenters. The quantitative estimate of drug-likeness (QED) is 0.320. The van der Waals surface area contributed by atoms with Gasteiger partial charge in [0.15, 0.2) is 6.61 Å². The molecule has 0 amide bonds. The van der Waals surface area contributed by atoms with E-state index in [0.717, 1.165) is 0 Å². The summed E-state index contributed by atoms with van der Waals surface area (Å²) < 4.78 is 74.1. The Morgan fingerprint density at radius 1 is 1.08 bits per heavy atom. The Bertz CT molecular complexity index is 1390. The zero-order chi connectivity index (χ0) is 26.8. The molecule has 2 heterocycles. The van der Waals surface area contributed by atoms with Gasteiger partial charge in [0.1, 0.15) is 29.8 Å². The second-order valence-corrected chi connectivity index (χ2v) is 8.38. The number of imidazole rings is 1. The number of hydrogen-bond acceptors (Lipinski definition) is 5. The molecule has 2 aromatic heterocycles. The van der Waals surface area contributed by atoms with E-state index in [2.05, 4.69) is 10.1 Å². The van der Waals surface area contributed by atoms with Crippen LogP contribution in [0.1, 0.15) is 18.5 Å². The van der Waals surface area contributed by atoms with Crippen LogP contribution in [-0.4, -0.2) is 48.0 Å². The highest BCUT2D eigenvalue weighted by Crippen LogP contribution is 2.36. The second-order valence-electron chi connectivity index (χ2n) is 8.38. The number of benzene rings is 2. The van der Waals surface area contributed by atoms with Crippen LogP contribution in [-0.2, 0) is 12.1 Å². The predicted octanol–water partition coefficient (Wildman–Crippen LogP) is 3.80. The fraction of sp³-hybridized carbons (Fsp3) is 0.292. The third-order valence-corrected chi connectivity index (χ3v) is 5.99. The van der Waals surface area contributed by atoms with Crippen LogP contribution in [0.25, 0.3) is 5.69 Å². The number of aliphatic hydroxyl groups is 1. The van der Waals surface area contributed by atoms with Crippen molar-refractivity contribution in [1.82, 2.24) is 23.9 Å². The van der Waals surface area contributed by atoms with Crippen molar-refractivity contribution in [3.8, 4) is 11.4 Å². The zero-order valence-electron chi connectivity index (χ0n) is 19.4. The van der Waals surface area contributed by atoms with Crippen LogP contribution in [0, 0.1) is 5.82 Å². The van der Waals surface area contributed by atoms with E-state index in [-0.39, 0.29) is 17.9 Å². The summed E-state index contributed by atoms with van der Waals surface area (Å²) in [4.78, 5) is 17.1. The van der Waals surface area contributed by atoms with E-state index in [1.165, 1.54) is 81.3 Å². The number of alkyl halides is 4. The Balaban J connectivity index is 1.62. The van der Waals surface area contributed by atoms with Gasteiger partial charge in [0.05, 0.1) is 18.3 Å². The van der Waals surface area contributed by atoms with Crippen molar-refractivity contribution in [1.29, 1.82) is 0 Å². The molecule has 0 aliphatic rings. The third-order valence-electron chi connectivity index (χ3n) is 5.99. The highest BCUT2D eigenvalue weighted by atomic mass is 19.3. The van der Waals surface area contributed by atoms with Crippen molar-refractivity contribution in [2.24, 2.45) is 0 Å². The van der Waals surface area contributed by atoms with E-state index in [0.29, 0.717) is 5.69 Å². The molecule has 0 aliphatic carbocycles. The lowest BCUT2D eigenvalue weighted by atomic mass is 9.86. The average Bonchev–Trinajstić information content (AvgIpc) is 3.52. The minimum atomic E-state index is -4.30. The largest absolute Gasteiger partial charge is 0.487 e. The summed E-state index contributed by atoms with van der Waals surface area (Å²) in [7, 11) is 0. The molecule has 37 heavy (non-hydrogen) atoms. The lowest BCUT2D eigenvalue weighted by Crippen LogP contribution is -2.43. The van der Waals surface area contributed by atoms with E-state index >= 15 is 0 Å². The van der Waals surface area contributed by atoms with Gasteiger partial charge < -0.3 is 9.84 Å². The molecule has 0 saturated heterocycles. The SMILES string of the molecule is C[C@@H](n1ccn(-c2ccc(OCC(F)(F)C(F)F)cc2)c1=O)[C@](O)(Cn1cncn1)c1ccccc1F. The van der Waals surface area contributed by atoms with Gasteiger partial charge in [-0.1, -0.05) is 18.2 Å². The second kappa shape index (κ2) is 10.2. The molecule has 0 saturated carbocycles.